The van der Waals surface area contributed by atoms with Crippen molar-refractivity contribution in [2.45, 2.75) is 32.4 Å². The van der Waals surface area contributed by atoms with Gasteiger partial charge in [-0.25, -0.2) is 4.79 Å². The molecule has 0 aromatic heterocycles. The second kappa shape index (κ2) is 6.45. The Bertz CT molecular complexity index is 441. The van der Waals surface area contributed by atoms with E-state index < -0.39 is 23.3 Å². The van der Waals surface area contributed by atoms with E-state index in [1.807, 2.05) is 6.92 Å². The number of aromatic carboxylic acids is 1. The largest absolute Gasteiger partial charge is 0.494 e. The Balaban J connectivity index is 2.90. The molecule has 0 bridgehead atoms. The van der Waals surface area contributed by atoms with Crippen molar-refractivity contribution in [3.63, 3.8) is 0 Å². The number of alkyl halides is 3. The second-order valence-corrected chi connectivity index (χ2v) is 4.07. The molecule has 0 radical (unpaired) electrons. The van der Waals surface area contributed by atoms with Gasteiger partial charge in [-0.3, -0.25) is 0 Å². The molecule has 0 amide bonds. The predicted molar refractivity (Wildman–Crippen MR) is 63.4 cm³/mol. The zero-order chi connectivity index (χ0) is 14.5. The van der Waals surface area contributed by atoms with Crippen LogP contribution in [0.5, 0.6) is 5.75 Å². The van der Waals surface area contributed by atoms with Crippen LogP contribution in [0.4, 0.5) is 13.2 Å². The first-order chi connectivity index (χ1) is 8.86. The summed E-state index contributed by atoms with van der Waals surface area (Å²) in [7, 11) is 0. The molecule has 6 heteroatoms. The Labute approximate surface area is 109 Å². The number of carboxylic acid groups (broad SMARTS) is 1. The molecule has 0 saturated carbocycles. The summed E-state index contributed by atoms with van der Waals surface area (Å²) in [6.45, 7) is 2.32. The number of benzene rings is 1. The average molecular weight is 276 g/mol. The monoisotopic (exact) mass is 276 g/mol. The maximum absolute atomic E-state index is 12.7. The Morgan fingerprint density at radius 2 is 2.00 bits per heavy atom. The Kier molecular flexibility index (Phi) is 5.20. The van der Waals surface area contributed by atoms with E-state index in [2.05, 4.69) is 0 Å². The van der Waals surface area contributed by atoms with Crippen LogP contribution in [-0.4, -0.2) is 17.7 Å². The third-order valence-corrected chi connectivity index (χ3v) is 2.54. The molecule has 0 aliphatic heterocycles. The number of hydrogen-bond acceptors (Lipinski definition) is 2. The van der Waals surface area contributed by atoms with Crippen molar-refractivity contribution in [3.05, 3.63) is 29.3 Å². The van der Waals surface area contributed by atoms with E-state index in [0.29, 0.717) is 6.61 Å². The van der Waals surface area contributed by atoms with Crippen LogP contribution in [0.2, 0.25) is 0 Å². The van der Waals surface area contributed by atoms with Gasteiger partial charge in [-0.15, -0.1) is 0 Å². The van der Waals surface area contributed by atoms with Gasteiger partial charge in [0.15, 0.2) is 0 Å². The fourth-order valence-electron chi connectivity index (χ4n) is 1.58. The van der Waals surface area contributed by atoms with Crippen LogP contribution in [0.3, 0.4) is 0 Å². The van der Waals surface area contributed by atoms with Gasteiger partial charge in [0, 0.05) is 0 Å². The smallest absolute Gasteiger partial charge is 0.417 e. The van der Waals surface area contributed by atoms with Gasteiger partial charge in [0.05, 0.1) is 17.7 Å². The molecule has 0 fully saturated rings. The molecular weight excluding hydrogens is 261 g/mol. The number of rotatable bonds is 6. The molecule has 0 unspecified atom stereocenters. The molecule has 0 spiro atoms. The number of carboxylic acids is 1. The zero-order valence-corrected chi connectivity index (χ0v) is 10.5. The highest BCUT2D eigenvalue weighted by molar-refractivity contribution is 5.89. The topological polar surface area (TPSA) is 46.5 Å². The standard InChI is InChI=1S/C13H15F3O3/c1-2-3-4-7-19-9-5-6-10(12(17)18)11(8-9)13(14,15)16/h5-6,8H,2-4,7H2,1H3,(H,17,18). The van der Waals surface area contributed by atoms with Crippen molar-refractivity contribution < 1.29 is 27.8 Å². The fraction of sp³-hybridized carbons (Fsp3) is 0.462. The Morgan fingerprint density at radius 3 is 2.53 bits per heavy atom. The minimum absolute atomic E-state index is 0.0356. The summed E-state index contributed by atoms with van der Waals surface area (Å²) in [5, 5.41) is 8.73. The summed E-state index contributed by atoms with van der Waals surface area (Å²) in [6.07, 6.45) is -2.05. The third kappa shape index (κ3) is 4.46. The van der Waals surface area contributed by atoms with Gasteiger partial charge in [-0.05, 0) is 24.6 Å². The average Bonchev–Trinajstić information content (AvgIpc) is 2.33. The Hall–Kier alpha value is -1.72. The molecule has 1 aromatic rings. The van der Waals surface area contributed by atoms with Crippen molar-refractivity contribution in [1.29, 1.82) is 0 Å². The Morgan fingerprint density at radius 1 is 1.32 bits per heavy atom. The van der Waals surface area contributed by atoms with Crippen LogP contribution >= 0.6 is 0 Å². The molecule has 1 aromatic carbocycles. The first-order valence-electron chi connectivity index (χ1n) is 5.93. The third-order valence-electron chi connectivity index (χ3n) is 2.54. The van der Waals surface area contributed by atoms with E-state index in [-0.39, 0.29) is 5.75 Å². The highest BCUT2D eigenvalue weighted by Crippen LogP contribution is 2.34. The van der Waals surface area contributed by atoms with Crippen molar-refractivity contribution in [2.24, 2.45) is 0 Å². The van der Waals surface area contributed by atoms with Gasteiger partial charge >= 0.3 is 12.1 Å². The maximum atomic E-state index is 12.7. The van der Waals surface area contributed by atoms with Gasteiger partial charge in [-0.1, -0.05) is 19.8 Å². The van der Waals surface area contributed by atoms with E-state index in [1.165, 1.54) is 6.07 Å². The van der Waals surface area contributed by atoms with E-state index >= 15 is 0 Å². The lowest BCUT2D eigenvalue weighted by atomic mass is 10.1. The van der Waals surface area contributed by atoms with Crippen LogP contribution in [0.25, 0.3) is 0 Å². The summed E-state index contributed by atoms with van der Waals surface area (Å²) in [5.74, 6) is -1.57. The van der Waals surface area contributed by atoms with Crippen molar-refractivity contribution in [2.75, 3.05) is 6.61 Å². The van der Waals surface area contributed by atoms with E-state index in [0.717, 1.165) is 31.4 Å². The number of carbonyl (C=O) groups is 1. The molecule has 19 heavy (non-hydrogen) atoms. The van der Waals surface area contributed by atoms with Gasteiger partial charge in [0.1, 0.15) is 5.75 Å². The molecule has 1 N–H and O–H groups in total. The molecule has 0 saturated heterocycles. The zero-order valence-electron chi connectivity index (χ0n) is 10.5. The summed E-state index contributed by atoms with van der Waals surface area (Å²) < 4.78 is 43.3. The van der Waals surface area contributed by atoms with Gasteiger partial charge in [-0.2, -0.15) is 13.2 Å². The van der Waals surface area contributed by atoms with Gasteiger partial charge < -0.3 is 9.84 Å². The van der Waals surface area contributed by atoms with Crippen LogP contribution in [0.1, 0.15) is 42.1 Å². The lowest BCUT2D eigenvalue weighted by Gasteiger charge is -2.12. The summed E-state index contributed by atoms with van der Waals surface area (Å²) in [4.78, 5) is 10.7. The predicted octanol–water partition coefficient (Wildman–Crippen LogP) is 3.97. The number of ether oxygens (including phenoxy) is 1. The molecule has 0 heterocycles. The van der Waals surface area contributed by atoms with Gasteiger partial charge in [0.2, 0.25) is 0 Å². The molecular formula is C13H15F3O3. The molecule has 106 valence electrons. The summed E-state index contributed by atoms with van der Waals surface area (Å²) >= 11 is 0. The molecule has 0 aliphatic carbocycles. The molecule has 0 atom stereocenters. The molecule has 3 nitrogen and oxygen atoms in total. The van der Waals surface area contributed by atoms with Crippen molar-refractivity contribution in [1.82, 2.24) is 0 Å². The number of halogens is 3. The van der Waals surface area contributed by atoms with Gasteiger partial charge in [0.25, 0.3) is 0 Å². The van der Waals surface area contributed by atoms with Crippen LogP contribution in [0.15, 0.2) is 18.2 Å². The lowest BCUT2D eigenvalue weighted by Crippen LogP contribution is -2.13. The van der Waals surface area contributed by atoms with E-state index in [4.69, 9.17) is 9.84 Å². The lowest BCUT2D eigenvalue weighted by molar-refractivity contribution is -0.138. The first-order valence-corrected chi connectivity index (χ1v) is 5.93. The van der Waals surface area contributed by atoms with Crippen molar-refractivity contribution in [3.8, 4) is 5.75 Å². The van der Waals surface area contributed by atoms with E-state index in [1.54, 1.807) is 0 Å². The molecule has 0 aliphatic rings. The molecule has 1 rings (SSSR count). The highest BCUT2D eigenvalue weighted by Gasteiger charge is 2.35. The second-order valence-electron chi connectivity index (χ2n) is 4.07. The highest BCUT2D eigenvalue weighted by atomic mass is 19.4. The van der Waals surface area contributed by atoms with E-state index in [9.17, 15) is 18.0 Å². The minimum Gasteiger partial charge on any atom is -0.494 e. The fourth-order valence-corrected chi connectivity index (χ4v) is 1.58. The van der Waals surface area contributed by atoms with Crippen LogP contribution in [-0.2, 0) is 6.18 Å². The summed E-state index contributed by atoms with van der Waals surface area (Å²) in [5.41, 5.74) is -1.96. The maximum Gasteiger partial charge on any atom is 0.417 e. The quantitative estimate of drug-likeness (QED) is 0.799. The normalized spacial score (nSPS) is 11.4. The van der Waals surface area contributed by atoms with Crippen LogP contribution in [0, 0.1) is 0 Å². The number of unbranched alkanes of at least 4 members (excludes halogenated alkanes) is 2. The van der Waals surface area contributed by atoms with Crippen LogP contribution < -0.4 is 4.74 Å². The summed E-state index contributed by atoms with van der Waals surface area (Å²) in [6, 6.07) is 2.89. The SMILES string of the molecule is CCCCCOc1ccc(C(=O)O)c(C(F)(F)F)c1. The van der Waals surface area contributed by atoms with Crippen molar-refractivity contribution >= 4 is 5.97 Å². The number of hydrogen-bond donors (Lipinski definition) is 1. The first kappa shape index (κ1) is 15.3. The minimum atomic E-state index is -4.71.